The highest BCUT2D eigenvalue weighted by atomic mass is 79.9. The van der Waals surface area contributed by atoms with Crippen LogP contribution in [0.25, 0.3) is 10.8 Å². The zero-order chi connectivity index (χ0) is 20.5. The number of fused-ring (bicyclic) bond motifs is 1. The molecular weight excluding hydrogens is 426 g/mol. The molecule has 3 aromatic rings. The number of nitro benzene ring substituents is 1. The van der Waals surface area contributed by atoms with Crippen LogP contribution < -0.4 is 4.74 Å². The van der Waals surface area contributed by atoms with Crippen molar-refractivity contribution >= 4 is 38.4 Å². The molecule has 0 amide bonds. The third-order valence-electron chi connectivity index (χ3n) is 3.80. The molecular formula is C21H18BrNO5. The maximum Gasteiger partial charge on any atom is 0.342 e. The van der Waals surface area contributed by atoms with Gasteiger partial charge in [0.1, 0.15) is 22.7 Å². The molecule has 28 heavy (non-hydrogen) atoms. The van der Waals surface area contributed by atoms with Gasteiger partial charge in [-0.2, -0.15) is 0 Å². The summed E-state index contributed by atoms with van der Waals surface area (Å²) in [5, 5.41) is 13.1. The standard InChI is InChI=1S/C21H18BrNO5/c1-21(2,3)28-20(24)18-9-7-16(23(25)26)12-19(18)27-17-8-5-13-10-15(22)6-4-14(13)11-17/h4-12H,1-3H3. The minimum Gasteiger partial charge on any atom is -0.456 e. The maximum atomic E-state index is 12.5. The highest BCUT2D eigenvalue weighted by Gasteiger charge is 2.23. The molecule has 144 valence electrons. The van der Waals surface area contributed by atoms with Crippen molar-refractivity contribution in [2.45, 2.75) is 26.4 Å². The van der Waals surface area contributed by atoms with Gasteiger partial charge in [-0.25, -0.2) is 4.79 Å². The van der Waals surface area contributed by atoms with Crippen molar-refractivity contribution in [1.82, 2.24) is 0 Å². The second-order valence-corrected chi connectivity index (χ2v) is 8.11. The van der Waals surface area contributed by atoms with Crippen molar-refractivity contribution in [3.63, 3.8) is 0 Å². The van der Waals surface area contributed by atoms with Crippen LogP contribution in [0, 0.1) is 10.1 Å². The summed E-state index contributed by atoms with van der Waals surface area (Å²) in [6, 6.07) is 15.1. The Hall–Kier alpha value is -2.93. The van der Waals surface area contributed by atoms with Crippen molar-refractivity contribution in [1.29, 1.82) is 0 Å². The van der Waals surface area contributed by atoms with E-state index in [1.54, 1.807) is 32.9 Å². The SMILES string of the molecule is CC(C)(C)OC(=O)c1ccc([N+](=O)[O-])cc1Oc1ccc2cc(Br)ccc2c1. The highest BCUT2D eigenvalue weighted by Crippen LogP contribution is 2.32. The zero-order valence-corrected chi connectivity index (χ0v) is 17.1. The number of hydrogen-bond donors (Lipinski definition) is 0. The van der Waals surface area contributed by atoms with Gasteiger partial charge in [-0.15, -0.1) is 0 Å². The molecule has 0 N–H and O–H groups in total. The molecule has 3 rings (SSSR count). The van der Waals surface area contributed by atoms with E-state index in [2.05, 4.69) is 15.9 Å². The smallest absolute Gasteiger partial charge is 0.342 e. The molecule has 0 aliphatic carbocycles. The van der Waals surface area contributed by atoms with E-state index in [4.69, 9.17) is 9.47 Å². The molecule has 0 heterocycles. The molecule has 0 bridgehead atoms. The van der Waals surface area contributed by atoms with Crippen molar-refractivity contribution in [2.75, 3.05) is 0 Å². The first-order chi connectivity index (χ1) is 13.1. The van der Waals surface area contributed by atoms with Crippen LogP contribution in [0.1, 0.15) is 31.1 Å². The number of hydrogen-bond acceptors (Lipinski definition) is 5. The highest BCUT2D eigenvalue weighted by molar-refractivity contribution is 9.10. The summed E-state index contributed by atoms with van der Waals surface area (Å²) >= 11 is 3.43. The van der Waals surface area contributed by atoms with E-state index in [0.717, 1.165) is 15.2 Å². The predicted molar refractivity (Wildman–Crippen MR) is 110 cm³/mol. The quantitative estimate of drug-likeness (QED) is 0.270. The number of nitrogens with zero attached hydrogens (tertiary/aromatic N) is 1. The zero-order valence-electron chi connectivity index (χ0n) is 15.6. The van der Waals surface area contributed by atoms with Crippen molar-refractivity contribution < 1.29 is 19.2 Å². The van der Waals surface area contributed by atoms with Gasteiger partial charge in [-0.1, -0.05) is 28.1 Å². The predicted octanol–water partition coefficient (Wildman–Crippen LogP) is 6.26. The van der Waals surface area contributed by atoms with Crippen molar-refractivity contribution in [3.05, 3.63) is 74.7 Å². The third-order valence-corrected chi connectivity index (χ3v) is 4.29. The number of benzene rings is 3. The Morgan fingerprint density at radius 2 is 1.68 bits per heavy atom. The second kappa shape index (κ2) is 7.59. The molecule has 0 fully saturated rings. The Labute approximate surface area is 170 Å². The van der Waals surface area contributed by atoms with E-state index in [1.807, 2.05) is 24.3 Å². The lowest BCUT2D eigenvalue weighted by Gasteiger charge is -2.20. The van der Waals surface area contributed by atoms with Gasteiger partial charge in [0, 0.05) is 10.5 Å². The summed E-state index contributed by atoms with van der Waals surface area (Å²) in [6.45, 7) is 5.24. The average Bonchev–Trinajstić information content (AvgIpc) is 2.60. The number of nitro groups is 1. The Morgan fingerprint density at radius 1 is 1.00 bits per heavy atom. The maximum absolute atomic E-state index is 12.5. The number of carbonyl (C=O) groups excluding carboxylic acids is 1. The Balaban J connectivity index is 2.01. The van der Waals surface area contributed by atoms with E-state index < -0.39 is 16.5 Å². The van der Waals surface area contributed by atoms with Gasteiger partial charge in [0.25, 0.3) is 5.69 Å². The summed E-state index contributed by atoms with van der Waals surface area (Å²) in [5.41, 5.74) is -0.754. The lowest BCUT2D eigenvalue weighted by atomic mass is 10.1. The summed E-state index contributed by atoms with van der Waals surface area (Å²) in [6.07, 6.45) is 0. The largest absolute Gasteiger partial charge is 0.456 e. The summed E-state index contributed by atoms with van der Waals surface area (Å²) in [5.74, 6) is -0.0813. The van der Waals surface area contributed by atoms with Crippen LogP contribution in [0.5, 0.6) is 11.5 Å². The topological polar surface area (TPSA) is 78.7 Å². The van der Waals surface area contributed by atoms with Gasteiger partial charge in [-0.3, -0.25) is 10.1 Å². The van der Waals surface area contributed by atoms with Gasteiger partial charge in [0.2, 0.25) is 0 Å². The number of carbonyl (C=O) groups is 1. The lowest BCUT2D eigenvalue weighted by Crippen LogP contribution is -2.24. The molecule has 6 nitrogen and oxygen atoms in total. The fraction of sp³-hybridized carbons (Fsp3) is 0.190. The number of halogens is 1. The fourth-order valence-corrected chi connectivity index (χ4v) is 2.97. The summed E-state index contributed by atoms with van der Waals surface area (Å²) < 4.78 is 12.2. The van der Waals surface area contributed by atoms with Gasteiger partial charge < -0.3 is 9.47 Å². The normalized spacial score (nSPS) is 11.3. The van der Waals surface area contributed by atoms with Crippen LogP contribution in [0.2, 0.25) is 0 Å². The van der Waals surface area contributed by atoms with Crippen LogP contribution in [0.3, 0.4) is 0 Å². The van der Waals surface area contributed by atoms with Gasteiger partial charge in [0.05, 0.1) is 11.0 Å². The van der Waals surface area contributed by atoms with E-state index in [1.165, 1.54) is 18.2 Å². The second-order valence-electron chi connectivity index (χ2n) is 7.19. The van der Waals surface area contributed by atoms with Crippen molar-refractivity contribution in [2.24, 2.45) is 0 Å². The molecule has 0 spiro atoms. The van der Waals surface area contributed by atoms with Crippen molar-refractivity contribution in [3.8, 4) is 11.5 Å². The third kappa shape index (κ3) is 4.67. The van der Waals surface area contributed by atoms with Crippen LogP contribution in [0.4, 0.5) is 5.69 Å². The van der Waals surface area contributed by atoms with Crippen LogP contribution >= 0.6 is 15.9 Å². The van der Waals surface area contributed by atoms with E-state index in [9.17, 15) is 14.9 Å². The molecule has 0 saturated heterocycles. The molecule has 3 aromatic carbocycles. The monoisotopic (exact) mass is 443 g/mol. The van der Waals surface area contributed by atoms with Crippen LogP contribution in [-0.2, 0) is 4.74 Å². The Bertz CT molecular complexity index is 1070. The van der Waals surface area contributed by atoms with E-state index in [-0.39, 0.29) is 17.0 Å². The Morgan fingerprint density at radius 3 is 2.36 bits per heavy atom. The minimum absolute atomic E-state index is 0.0694. The first-order valence-corrected chi connectivity index (χ1v) is 9.31. The van der Waals surface area contributed by atoms with Gasteiger partial charge in [0.15, 0.2) is 0 Å². The molecule has 0 saturated carbocycles. The fourth-order valence-electron chi connectivity index (χ4n) is 2.60. The van der Waals surface area contributed by atoms with Crippen LogP contribution in [-0.4, -0.2) is 16.5 Å². The molecule has 0 aliphatic heterocycles. The number of rotatable bonds is 4. The molecule has 0 unspecified atom stereocenters. The first-order valence-electron chi connectivity index (χ1n) is 8.51. The average molecular weight is 444 g/mol. The number of non-ortho nitro benzene ring substituents is 1. The van der Waals surface area contributed by atoms with Crippen LogP contribution in [0.15, 0.2) is 59.1 Å². The van der Waals surface area contributed by atoms with Gasteiger partial charge in [-0.05, 0) is 61.9 Å². The first kappa shape index (κ1) is 19.8. The van der Waals surface area contributed by atoms with E-state index in [0.29, 0.717) is 5.75 Å². The molecule has 0 radical (unpaired) electrons. The lowest BCUT2D eigenvalue weighted by molar-refractivity contribution is -0.384. The molecule has 0 aromatic heterocycles. The Kier molecular flexibility index (Phi) is 5.38. The summed E-state index contributed by atoms with van der Waals surface area (Å²) in [7, 11) is 0. The molecule has 7 heteroatoms. The van der Waals surface area contributed by atoms with Gasteiger partial charge >= 0.3 is 5.97 Å². The summed E-state index contributed by atoms with van der Waals surface area (Å²) in [4.78, 5) is 23.1. The molecule has 0 aliphatic rings. The van der Waals surface area contributed by atoms with E-state index >= 15 is 0 Å². The minimum atomic E-state index is -0.702. The number of ether oxygens (including phenoxy) is 2. The molecule has 0 atom stereocenters. The number of esters is 1.